The Kier molecular flexibility index (Phi) is 8.10. The number of aliphatic imine (C=N–C) groups is 1. The van der Waals surface area contributed by atoms with Gasteiger partial charge in [-0.1, -0.05) is 6.07 Å². The summed E-state index contributed by atoms with van der Waals surface area (Å²) in [5.74, 6) is 1.65. The van der Waals surface area contributed by atoms with E-state index in [1.54, 1.807) is 4.90 Å². The van der Waals surface area contributed by atoms with Gasteiger partial charge in [0.1, 0.15) is 11.4 Å². The van der Waals surface area contributed by atoms with Crippen LogP contribution in [0.3, 0.4) is 0 Å². The largest absolute Gasteiger partial charge is 0.444 e. The molecule has 0 spiro atoms. The van der Waals surface area contributed by atoms with Crippen molar-refractivity contribution in [3.63, 3.8) is 0 Å². The van der Waals surface area contributed by atoms with Crippen LogP contribution in [0.4, 0.5) is 10.6 Å². The topological polar surface area (TPSA) is 82.1 Å². The molecule has 2 rings (SSSR count). The minimum Gasteiger partial charge on any atom is -0.444 e. The number of likely N-dealkylation sites (tertiary alicyclic amines) is 1. The molecule has 8 nitrogen and oxygen atoms in total. The lowest BCUT2D eigenvalue weighted by atomic mass is 10.1. The second-order valence-corrected chi connectivity index (χ2v) is 8.49. The Morgan fingerprint density at radius 2 is 2.14 bits per heavy atom. The summed E-state index contributed by atoms with van der Waals surface area (Å²) in [5, 5.41) is 6.75. The number of pyridine rings is 1. The van der Waals surface area contributed by atoms with Crippen LogP contribution < -0.4 is 15.5 Å². The fourth-order valence-corrected chi connectivity index (χ4v) is 3.06. The predicted octanol–water partition coefficient (Wildman–Crippen LogP) is 2.60. The maximum Gasteiger partial charge on any atom is 0.410 e. The van der Waals surface area contributed by atoms with E-state index >= 15 is 0 Å². The van der Waals surface area contributed by atoms with E-state index in [0.717, 1.165) is 43.4 Å². The third-order valence-corrected chi connectivity index (χ3v) is 4.41. The van der Waals surface area contributed by atoms with E-state index in [1.165, 1.54) is 0 Å². The summed E-state index contributed by atoms with van der Waals surface area (Å²) >= 11 is 0. The molecular formula is C21H36N6O2. The van der Waals surface area contributed by atoms with Crippen LogP contribution in [0.15, 0.2) is 23.2 Å². The summed E-state index contributed by atoms with van der Waals surface area (Å²) < 4.78 is 5.51. The molecule has 1 fully saturated rings. The van der Waals surface area contributed by atoms with E-state index in [0.29, 0.717) is 13.1 Å². The van der Waals surface area contributed by atoms with E-state index in [4.69, 9.17) is 4.74 Å². The molecule has 1 unspecified atom stereocenters. The fourth-order valence-electron chi connectivity index (χ4n) is 3.06. The number of carbonyl (C=O) groups is 1. The van der Waals surface area contributed by atoms with Crippen molar-refractivity contribution in [2.75, 3.05) is 38.6 Å². The standard InChI is InChI=1S/C21H36N6O2/c1-7-22-19(23-14-16-10-8-12-18(24-16)26(5)6)25-17-11-9-13-27(15-17)20(28)29-21(2,3)4/h8,10,12,17H,7,9,11,13-15H2,1-6H3,(H2,22,23,25). The highest BCUT2D eigenvalue weighted by atomic mass is 16.6. The average molecular weight is 405 g/mol. The quantitative estimate of drug-likeness (QED) is 0.580. The van der Waals surface area contributed by atoms with Gasteiger partial charge in [-0.05, 0) is 52.7 Å². The predicted molar refractivity (Wildman–Crippen MR) is 117 cm³/mol. The molecule has 1 aromatic heterocycles. The number of piperidine rings is 1. The highest BCUT2D eigenvalue weighted by Crippen LogP contribution is 2.15. The van der Waals surface area contributed by atoms with E-state index in [9.17, 15) is 4.79 Å². The van der Waals surface area contributed by atoms with Gasteiger partial charge in [-0.3, -0.25) is 0 Å². The highest BCUT2D eigenvalue weighted by molar-refractivity contribution is 5.80. The number of aromatic nitrogens is 1. The normalized spacial score (nSPS) is 17.7. The van der Waals surface area contributed by atoms with Crippen molar-refractivity contribution in [1.82, 2.24) is 20.5 Å². The minimum absolute atomic E-state index is 0.134. The maximum atomic E-state index is 12.4. The Hall–Kier alpha value is -2.51. The smallest absolute Gasteiger partial charge is 0.410 e. The van der Waals surface area contributed by atoms with Crippen molar-refractivity contribution >= 4 is 17.9 Å². The van der Waals surface area contributed by atoms with Gasteiger partial charge in [-0.2, -0.15) is 0 Å². The minimum atomic E-state index is -0.484. The second kappa shape index (κ2) is 10.3. The summed E-state index contributed by atoms with van der Waals surface area (Å²) in [6, 6.07) is 6.08. The molecule has 0 bridgehead atoms. The lowest BCUT2D eigenvalue weighted by Crippen LogP contribution is -2.53. The molecule has 1 aliphatic heterocycles. The SMILES string of the molecule is CCNC(=NCc1cccc(N(C)C)n1)NC1CCCN(C(=O)OC(C)(C)C)C1. The highest BCUT2D eigenvalue weighted by Gasteiger charge is 2.28. The number of hydrogen-bond acceptors (Lipinski definition) is 5. The van der Waals surface area contributed by atoms with Crippen LogP contribution in [0.2, 0.25) is 0 Å². The molecule has 1 saturated heterocycles. The van der Waals surface area contributed by atoms with Crippen molar-refractivity contribution in [3.8, 4) is 0 Å². The zero-order valence-corrected chi connectivity index (χ0v) is 18.7. The molecule has 0 aliphatic carbocycles. The molecule has 0 saturated carbocycles. The van der Waals surface area contributed by atoms with Crippen LogP contribution >= 0.6 is 0 Å². The number of carbonyl (C=O) groups excluding carboxylic acids is 1. The molecule has 8 heteroatoms. The number of nitrogens with one attached hydrogen (secondary N) is 2. The van der Waals surface area contributed by atoms with E-state index < -0.39 is 5.60 Å². The van der Waals surface area contributed by atoms with Gasteiger partial charge in [0.15, 0.2) is 5.96 Å². The first kappa shape index (κ1) is 22.8. The van der Waals surface area contributed by atoms with Crippen LogP contribution in [0.1, 0.15) is 46.2 Å². The molecule has 0 radical (unpaired) electrons. The van der Waals surface area contributed by atoms with Crippen molar-refractivity contribution in [2.45, 2.75) is 58.7 Å². The lowest BCUT2D eigenvalue weighted by Gasteiger charge is -2.35. The third kappa shape index (κ3) is 7.79. The number of rotatable bonds is 5. The Labute approximate surface area is 174 Å². The molecule has 1 amide bonds. The molecule has 1 aromatic rings. The Bertz CT molecular complexity index is 699. The van der Waals surface area contributed by atoms with Gasteiger partial charge in [-0.25, -0.2) is 14.8 Å². The van der Waals surface area contributed by atoms with Crippen molar-refractivity contribution in [1.29, 1.82) is 0 Å². The van der Waals surface area contributed by atoms with Crippen molar-refractivity contribution in [3.05, 3.63) is 23.9 Å². The maximum absolute atomic E-state index is 12.4. The Balaban J connectivity index is 1.99. The summed E-state index contributed by atoms with van der Waals surface area (Å²) in [6.45, 7) is 10.3. The van der Waals surface area contributed by atoms with Crippen LogP contribution in [-0.4, -0.2) is 67.3 Å². The molecule has 1 atom stereocenters. The number of guanidine groups is 1. The second-order valence-electron chi connectivity index (χ2n) is 8.49. The third-order valence-electron chi connectivity index (χ3n) is 4.41. The van der Waals surface area contributed by atoms with Gasteiger partial charge < -0.3 is 25.2 Å². The van der Waals surface area contributed by atoms with Gasteiger partial charge >= 0.3 is 6.09 Å². The molecule has 2 heterocycles. The van der Waals surface area contributed by atoms with Crippen LogP contribution in [0.25, 0.3) is 0 Å². The Morgan fingerprint density at radius 3 is 2.79 bits per heavy atom. The van der Waals surface area contributed by atoms with Gasteiger partial charge in [0.05, 0.1) is 12.2 Å². The molecule has 29 heavy (non-hydrogen) atoms. The summed E-state index contributed by atoms with van der Waals surface area (Å²) in [4.78, 5) is 25.4. The summed E-state index contributed by atoms with van der Waals surface area (Å²) in [5.41, 5.74) is 0.425. The van der Waals surface area contributed by atoms with Crippen molar-refractivity contribution < 1.29 is 9.53 Å². The fraction of sp³-hybridized carbons (Fsp3) is 0.667. The van der Waals surface area contributed by atoms with Gasteiger partial charge in [-0.15, -0.1) is 0 Å². The lowest BCUT2D eigenvalue weighted by molar-refractivity contribution is 0.0193. The van der Waals surface area contributed by atoms with E-state index in [2.05, 4.69) is 20.6 Å². The van der Waals surface area contributed by atoms with E-state index in [1.807, 2.05) is 64.9 Å². The number of amides is 1. The zero-order chi connectivity index (χ0) is 21.4. The number of anilines is 1. The molecule has 2 N–H and O–H groups in total. The molecule has 1 aliphatic rings. The number of hydrogen-bond donors (Lipinski definition) is 2. The molecular weight excluding hydrogens is 368 g/mol. The van der Waals surface area contributed by atoms with Gasteiger partial charge in [0.2, 0.25) is 0 Å². The number of nitrogens with zero attached hydrogens (tertiary/aromatic N) is 4. The first-order valence-electron chi connectivity index (χ1n) is 10.3. The first-order valence-corrected chi connectivity index (χ1v) is 10.3. The monoisotopic (exact) mass is 404 g/mol. The van der Waals surface area contributed by atoms with Crippen LogP contribution in [0, 0.1) is 0 Å². The summed E-state index contributed by atoms with van der Waals surface area (Å²) in [7, 11) is 3.95. The summed E-state index contributed by atoms with van der Waals surface area (Å²) in [6.07, 6.45) is 1.66. The van der Waals surface area contributed by atoms with Crippen LogP contribution in [-0.2, 0) is 11.3 Å². The number of ether oxygens (including phenoxy) is 1. The van der Waals surface area contributed by atoms with E-state index in [-0.39, 0.29) is 12.1 Å². The first-order chi connectivity index (χ1) is 13.7. The van der Waals surface area contributed by atoms with Crippen molar-refractivity contribution in [2.24, 2.45) is 4.99 Å². The molecule has 0 aromatic carbocycles. The molecule has 162 valence electrons. The van der Waals surface area contributed by atoms with Gasteiger partial charge in [0.25, 0.3) is 0 Å². The zero-order valence-electron chi connectivity index (χ0n) is 18.7. The van der Waals surface area contributed by atoms with Gasteiger partial charge in [0, 0.05) is 39.8 Å². The van der Waals surface area contributed by atoms with Crippen LogP contribution in [0.5, 0.6) is 0 Å². The average Bonchev–Trinajstić information content (AvgIpc) is 2.65. The Morgan fingerprint density at radius 1 is 1.38 bits per heavy atom.